The minimum Gasteiger partial charge on any atom is -0.466 e. The van der Waals surface area contributed by atoms with E-state index in [0.29, 0.717) is 10.8 Å². The van der Waals surface area contributed by atoms with Gasteiger partial charge in [0.15, 0.2) is 0 Å². The first-order valence-electron chi connectivity index (χ1n) is 7.27. The Balaban J connectivity index is 0.000000260. The lowest BCUT2D eigenvalue weighted by molar-refractivity contribution is -0.153. The topological polar surface area (TPSA) is 55.8 Å². The first kappa shape index (κ1) is 17.3. The van der Waals surface area contributed by atoms with E-state index in [1.807, 2.05) is 0 Å². The van der Waals surface area contributed by atoms with Crippen molar-refractivity contribution in [3.8, 4) is 5.75 Å². The molecule has 3 rings (SSSR count). The van der Waals surface area contributed by atoms with Crippen molar-refractivity contribution in [3.63, 3.8) is 0 Å². The predicted octanol–water partition coefficient (Wildman–Crippen LogP) is 3.67. The molecule has 0 saturated heterocycles. The van der Waals surface area contributed by atoms with Gasteiger partial charge < -0.3 is 14.6 Å². The number of carbonyl (C=O) groups is 1. The molecule has 1 atom stereocenters. The average molecular weight is 335 g/mol. The van der Waals surface area contributed by atoms with Crippen molar-refractivity contribution in [2.45, 2.75) is 26.1 Å². The van der Waals surface area contributed by atoms with Gasteiger partial charge in [-0.2, -0.15) is 0 Å². The Morgan fingerprint density at radius 3 is 2.13 bits per heavy atom. The third kappa shape index (κ3) is 5.27. The highest BCUT2D eigenvalue weighted by molar-refractivity contribution is 6.32. The quantitative estimate of drug-likeness (QED) is 0.571. The van der Waals surface area contributed by atoms with Gasteiger partial charge in [-0.25, -0.2) is 0 Å². The summed E-state index contributed by atoms with van der Waals surface area (Å²) in [7, 11) is 0. The molecule has 0 aromatic heterocycles. The van der Waals surface area contributed by atoms with Crippen molar-refractivity contribution >= 4 is 17.6 Å². The number of carbonyl (C=O) groups excluding carboxylic acids is 1. The van der Waals surface area contributed by atoms with Crippen LogP contribution in [0.25, 0.3) is 0 Å². The van der Waals surface area contributed by atoms with Crippen molar-refractivity contribution in [1.82, 2.24) is 0 Å². The lowest BCUT2D eigenvalue weighted by Gasteiger charge is -2.25. The zero-order valence-electron chi connectivity index (χ0n) is 13.1. The van der Waals surface area contributed by atoms with Crippen molar-refractivity contribution in [2.24, 2.45) is 0 Å². The molecule has 0 bridgehead atoms. The van der Waals surface area contributed by atoms with Gasteiger partial charge >= 0.3 is 5.97 Å². The van der Waals surface area contributed by atoms with Gasteiger partial charge in [-0.3, -0.25) is 4.79 Å². The Hall–Kier alpha value is -2.04. The van der Waals surface area contributed by atoms with E-state index in [-0.39, 0.29) is 13.0 Å². The summed E-state index contributed by atoms with van der Waals surface area (Å²) >= 11 is 5.89. The average Bonchev–Trinajstić information content (AvgIpc) is 2.45. The van der Waals surface area contributed by atoms with Gasteiger partial charge in [-0.1, -0.05) is 48.0 Å². The minimum atomic E-state index is -1.43. The zero-order valence-corrected chi connectivity index (χ0v) is 13.8. The van der Waals surface area contributed by atoms with Crippen LogP contribution in [0.4, 0.5) is 0 Å². The van der Waals surface area contributed by atoms with E-state index in [1.54, 1.807) is 24.3 Å². The number of halogens is 1. The van der Waals surface area contributed by atoms with E-state index in [9.17, 15) is 9.90 Å². The lowest BCUT2D eigenvalue weighted by Crippen LogP contribution is -2.33. The molecule has 1 aromatic carbocycles. The fraction of sp³-hybridized carbons (Fsp3) is 0.278. The molecule has 122 valence electrons. The second-order valence-electron chi connectivity index (χ2n) is 5.37. The summed E-state index contributed by atoms with van der Waals surface area (Å²) in [6.45, 7) is 2.89. The van der Waals surface area contributed by atoms with E-state index < -0.39 is 11.8 Å². The molecule has 0 spiro atoms. The highest BCUT2D eigenvalue weighted by Crippen LogP contribution is 2.27. The maximum Gasteiger partial charge on any atom is 0.302 e. The third-order valence-corrected chi connectivity index (χ3v) is 3.57. The van der Waals surface area contributed by atoms with Crippen molar-refractivity contribution < 1.29 is 19.4 Å². The van der Waals surface area contributed by atoms with Crippen LogP contribution in [0, 0.1) is 10.4 Å². The number of benzene rings is 2. The summed E-state index contributed by atoms with van der Waals surface area (Å²) in [5.41, 5.74) is 0. The maximum atomic E-state index is 10.6. The maximum absolute atomic E-state index is 10.6. The van der Waals surface area contributed by atoms with Crippen LogP contribution in [0.5, 0.6) is 5.75 Å². The number of esters is 1. The van der Waals surface area contributed by atoms with Gasteiger partial charge in [0.25, 0.3) is 0 Å². The summed E-state index contributed by atoms with van der Waals surface area (Å²) in [4.78, 5) is 10.6. The number of aliphatic hydroxyl groups is 1. The highest BCUT2D eigenvalue weighted by atomic mass is 35.5. The predicted molar refractivity (Wildman–Crippen MR) is 88.1 cm³/mol. The number of hydrogen-bond donors (Lipinski definition) is 1. The Kier molecular flexibility index (Phi) is 5.64. The molecule has 0 aliphatic heterocycles. The van der Waals surface area contributed by atoms with Crippen LogP contribution in [0.2, 0.25) is 5.02 Å². The first-order valence-corrected chi connectivity index (χ1v) is 7.65. The van der Waals surface area contributed by atoms with E-state index >= 15 is 0 Å². The monoisotopic (exact) mass is 334 g/mol. The van der Waals surface area contributed by atoms with Crippen molar-refractivity contribution in [3.05, 3.63) is 64.0 Å². The Morgan fingerprint density at radius 2 is 1.70 bits per heavy atom. The van der Waals surface area contributed by atoms with Crippen LogP contribution in [0.15, 0.2) is 48.5 Å². The molecule has 5 heteroatoms. The number of hydrogen-bond acceptors (Lipinski definition) is 4. The molecule has 0 amide bonds. The Bertz CT molecular complexity index is 720. The minimum absolute atomic E-state index is 0.0901. The highest BCUT2D eigenvalue weighted by Gasteiger charge is 2.23. The van der Waals surface area contributed by atoms with Gasteiger partial charge in [0, 0.05) is 20.3 Å². The van der Waals surface area contributed by atoms with Crippen molar-refractivity contribution in [2.75, 3.05) is 6.61 Å². The molecule has 23 heavy (non-hydrogen) atoms. The normalized spacial score (nSPS) is 13.2. The molecule has 0 saturated carbocycles. The lowest BCUT2D eigenvalue weighted by atomic mass is 10.1. The Labute approximate surface area is 139 Å². The van der Waals surface area contributed by atoms with Crippen LogP contribution in [0.3, 0.4) is 0 Å². The fourth-order valence-electron chi connectivity index (χ4n) is 1.86. The SMILES string of the molecule is CC(=O)OCCC(C)(O)Oc1ccccc1Cl.c1cc2ccc1=2. The summed E-state index contributed by atoms with van der Waals surface area (Å²) in [6, 6.07) is 15.3. The molecule has 2 aliphatic carbocycles. The summed E-state index contributed by atoms with van der Waals surface area (Å²) < 4.78 is 10.1. The van der Waals surface area contributed by atoms with Crippen LogP contribution < -0.4 is 4.74 Å². The van der Waals surface area contributed by atoms with Gasteiger partial charge in [0.05, 0.1) is 11.6 Å². The third-order valence-electron chi connectivity index (χ3n) is 3.26. The van der Waals surface area contributed by atoms with Gasteiger partial charge in [0.2, 0.25) is 5.79 Å². The molecule has 2 aliphatic rings. The van der Waals surface area contributed by atoms with E-state index in [0.717, 1.165) is 0 Å². The van der Waals surface area contributed by atoms with Crippen LogP contribution >= 0.6 is 11.6 Å². The van der Waals surface area contributed by atoms with Gasteiger partial charge in [-0.05, 0) is 22.6 Å². The second kappa shape index (κ2) is 7.49. The summed E-state index contributed by atoms with van der Waals surface area (Å²) in [5, 5.41) is 13.2. The van der Waals surface area contributed by atoms with Gasteiger partial charge in [0.1, 0.15) is 5.75 Å². The molecule has 0 heterocycles. The molecule has 0 radical (unpaired) electrons. The number of rotatable bonds is 5. The van der Waals surface area contributed by atoms with Crippen molar-refractivity contribution in [1.29, 1.82) is 0 Å². The standard InChI is InChI=1S/C12H15ClO4.C6H4/c1-9(14)16-8-7-12(2,15)17-11-6-4-3-5-10(11)13;1-2-6-4-3-5(1)6/h3-6,15H,7-8H2,1-2H3;1-4H. The van der Waals surface area contributed by atoms with E-state index in [1.165, 1.54) is 24.3 Å². The molecular formula is C18H19ClO4. The summed E-state index contributed by atoms with van der Waals surface area (Å²) in [6.07, 6.45) is 0.164. The van der Waals surface area contributed by atoms with Crippen LogP contribution in [-0.2, 0) is 9.53 Å². The van der Waals surface area contributed by atoms with E-state index in [4.69, 9.17) is 21.1 Å². The van der Waals surface area contributed by atoms with Gasteiger partial charge in [-0.15, -0.1) is 0 Å². The number of para-hydroxylation sites is 1. The fourth-order valence-corrected chi connectivity index (χ4v) is 2.04. The zero-order chi connectivity index (χ0) is 16.9. The summed E-state index contributed by atoms with van der Waals surface area (Å²) in [5.74, 6) is -1.43. The molecule has 1 unspecified atom stereocenters. The first-order chi connectivity index (χ1) is 10.9. The molecule has 1 aromatic rings. The Morgan fingerprint density at radius 1 is 1.13 bits per heavy atom. The smallest absolute Gasteiger partial charge is 0.302 e. The second-order valence-corrected chi connectivity index (χ2v) is 5.78. The number of ether oxygens (including phenoxy) is 2. The van der Waals surface area contributed by atoms with Crippen LogP contribution in [0.1, 0.15) is 20.3 Å². The largest absolute Gasteiger partial charge is 0.466 e. The molecule has 1 N–H and O–H groups in total. The molecular weight excluding hydrogens is 316 g/mol. The van der Waals surface area contributed by atoms with E-state index in [2.05, 4.69) is 24.3 Å². The molecule has 4 nitrogen and oxygen atoms in total. The molecule has 0 fully saturated rings. The van der Waals surface area contributed by atoms with Crippen LogP contribution in [-0.4, -0.2) is 23.5 Å².